The lowest BCUT2D eigenvalue weighted by Crippen LogP contribution is -2.59. The van der Waals surface area contributed by atoms with E-state index in [0.29, 0.717) is 17.9 Å². The summed E-state index contributed by atoms with van der Waals surface area (Å²) in [6, 6.07) is 5.28. The third-order valence-electron chi connectivity index (χ3n) is 6.27. The number of aromatic amines is 1. The number of carboxylic acids is 1. The summed E-state index contributed by atoms with van der Waals surface area (Å²) in [5, 5.41) is 17.5. The number of carbonyl (C=O) groups excluding carboxylic acids is 3. The van der Waals surface area contributed by atoms with Gasteiger partial charge in [0.15, 0.2) is 0 Å². The summed E-state index contributed by atoms with van der Waals surface area (Å²) in [5.41, 5.74) is 7.62. The average Bonchev–Trinajstić information content (AvgIpc) is 3.42. The van der Waals surface area contributed by atoms with Gasteiger partial charge in [0.05, 0.1) is 12.4 Å². The van der Waals surface area contributed by atoms with Crippen LogP contribution < -0.4 is 21.7 Å². The van der Waals surface area contributed by atoms with Gasteiger partial charge in [-0.05, 0) is 36.3 Å². The molecule has 0 spiro atoms. The highest BCUT2D eigenvalue weighted by molar-refractivity contribution is 7.98. The summed E-state index contributed by atoms with van der Waals surface area (Å²) >= 11 is 1.48. The lowest BCUT2D eigenvalue weighted by atomic mass is 9.97. The molecule has 11 nitrogen and oxygen atoms in total. The lowest BCUT2D eigenvalue weighted by Gasteiger charge is -2.28. The first-order valence-electron chi connectivity index (χ1n) is 12.6. The number of nitrogens with zero attached hydrogens (tertiary/aromatic N) is 1. The van der Waals surface area contributed by atoms with Gasteiger partial charge in [0.2, 0.25) is 17.7 Å². The first-order valence-corrected chi connectivity index (χ1v) is 13.9. The van der Waals surface area contributed by atoms with E-state index >= 15 is 0 Å². The van der Waals surface area contributed by atoms with Crippen molar-refractivity contribution in [3.8, 4) is 0 Å². The van der Waals surface area contributed by atoms with Gasteiger partial charge in [0, 0.05) is 18.3 Å². The molecule has 0 saturated carbocycles. The fraction of sp³-hybridized carbons (Fsp3) is 0.500. The molecular weight excluding hydrogens is 508 g/mol. The van der Waals surface area contributed by atoms with E-state index in [2.05, 4.69) is 25.9 Å². The van der Waals surface area contributed by atoms with E-state index in [0.717, 1.165) is 5.56 Å². The molecule has 0 aliphatic heterocycles. The number of hydrogen-bond acceptors (Lipinski definition) is 7. The molecule has 12 heteroatoms. The zero-order valence-corrected chi connectivity index (χ0v) is 22.8. The van der Waals surface area contributed by atoms with Crippen molar-refractivity contribution in [1.82, 2.24) is 25.9 Å². The van der Waals surface area contributed by atoms with Crippen molar-refractivity contribution >= 4 is 35.5 Å². The highest BCUT2D eigenvalue weighted by Gasteiger charge is 2.33. The van der Waals surface area contributed by atoms with Gasteiger partial charge in [-0.25, -0.2) is 9.78 Å². The molecule has 0 fully saturated rings. The van der Waals surface area contributed by atoms with E-state index in [4.69, 9.17) is 5.73 Å². The maximum atomic E-state index is 13.4. The average molecular weight is 547 g/mol. The number of amides is 3. The minimum atomic E-state index is -1.14. The van der Waals surface area contributed by atoms with Crippen LogP contribution in [-0.4, -0.2) is 74.9 Å². The van der Waals surface area contributed by atoms with Crippen LogP contribution in [0.2, 0.25) is 0 Å². The van der Waals surface area contributed by atoms with Crippen LogP contribution in [0.15, 0.2) is 42.9 Å². The van der Waals surface area contributed by atoms with E-state index in [1.165, 1.54) is 18.1 Å². The van der Waals surface area contributed by atoms with Crippen molar-refractivity contribution in [3.63, 3.8) is 0 Å². The summed E-state index contributed by atoms with van der Waals surface area (Å²) in [5.74, 6) is -2.57. The molecule has 5 unspecified atom stereocenters. The number of rotatable bonds is 16. The van der Waals surface area contributed by atoms with Crippen LogP contribution in [0.5, 0.6) is 0 Å². The van der Waals surface area contributed by atoms with Crippen LogP contribution >= 0.6 is 11.8 Å². The summed E-state index contributed by atoms with van der Waals surface area (Å²) < 4.78 is 0. The second kappa shape index (κ2) is 15.8. The molecular formula is C26H38N6O5S. The second-order valence-corrected chi connectivity index (χ2v) is 10.2. The van der Waals surface area contributed by atoms with E-state index in [1.807, 2.05) is 43.5 Å². The molecule has 2 rings (SSSR count). The Labute approximate surface area is 227 Å². The van der Waals surface area contributed by atoms with Gasteiger partial charge in [-0.1, -0.05) is 50.6 Å². The minimum Gasteiger partial charge on any atom is -0.480 e. The molecule has 3 amide bonds. The smallest absolute Gasteiger partial charge is 0.326 e. The molecule has 0 aliphatic rings. The summed E-state index contributed by atoms with van der Waals surface area (Å²) in [6.07, 6.45) is 6.04. The van der Waals surface area contributed by atoms with Crippen LogP contribution in [0.25, 0.3) is 0 Å². The van der Waals surface area contributed by atoms with E-state index in [1.54, 1.807) is 13.1 Å². The summed E-state index contributed by atoms with van der Waals surface area (Å²) in [6.45, 7) is 3.66. The van der Waals surface area contributed by atoms with E-state index in [9.17, 15) is 24.3 Å². The Bertz CT molecular complexity index is 1040. The van der Waals surface area contributed by atoms with Crippen molar-refractivity contribution in [2.24, 2.45) is 11.7 Å². The molecule has 1 aromatic heterocycles. The van der Waals surface area contributed by atoms with Crippen molar-refractivity contribution in [2.45, 2.75) is 63.7 Å². The SMILES string of the molecule is CCC(C)C(NC(=O)C(Cc1cnc[nH]1)NC(=O)C(N)Cc1ccccc1)C(=O)NC(CCSC)C(=O)O. The number of nitrogens with two attached hydrogens (primary N) is 1. The van der Waals surface area contributed by atoms with Crippen LogP contribution in [0, 0.1) is 5.92 Å². The number of benzene rings is 1. The molecule has 208 valence electrons. The molecule has 0 bridgehead atoms. The van der Waals surface area contributed by atoms with Gasteiger partial charge in [-0.2, -0.15) is 11.8 Å². The Balaban J connectivity index is 2.17. The highest BCUT2D eigenvalue weighted by atomic mass is 32.2. The molecule has 0 aliphatic carbocycles. The number of H-pyrrole nitrogens is 1. The number of hydrogen-bond donors (Lipinski definition) is 6. The van der Waals surface area contributed by atoms with Crippen molar-refractivity contribution in [3.05, 3.63) is 54.1 Å². The predicted molar refractivity (Wildman–Crippen MR) is 146 cm³/mol. The molecule has 1 heterocycles. The topological polar surface area (TPSA) is 179 Å². The third-order valence-corrected chi connectivity index (χ3v) is 6.91. The lowest BCUT2D eigenvalue weighted by molar-refractivity contribution is -0.142. The van der Waals surface area contributed by atoms with Crippen LogP contribution in [0.3, 0.4) is 0 Å². The fourth-order valence-corrected chi connectivity index (χ4v) is 4.25. The van der Waals surface area contributed by atoms with Crippen LogP contribution in [0.1, 0.15) is 37.9 Å². The van der Waals surface area contributed by atoms with E-state index < -0.39 is 47.9 Å². The van der Waals surface area contributed by atoms with Gasteiger partial charge in [0.25, 0.3) is 0 Å². The van der Waals surface area contributed by atoms with Gasteiger partial charge in [-0.3, -0.25) is 14.4 Å². The Morgan fingerprint density at radius 2 is 1.71 bits per heavy atom. The summed E-state index contributed by atoms with van der Waals surface area (Å²) in [4.78, 5) is 58.0. The Morgan fingerprint density at radius 1 is 1.03 bits per heavy atom. The Hall–Kier alpha value is -3.38. The third kappa shape index (κ3) is 9.82. The van der Waals surface area contributed by atoms with Gasteiger partial charge >= 0.3 is 5.97 Å². The molecule has 0 radical (unpaired) electrons. The van der Waals surface area contributed by atoms with Crippen LogP contribution in [0.4, 0.5) is 0 Å². The predicted octanol–water partition coefficient (Wildman–Crippen LogP) is 0.860. The quantitative estimate of drug-likeness (QED) is 0.179. The van der Waals surface area contributed by atoms with Crippen molar-refractivity contribution in [2.75, 3.05) is 12.0 Å². The zero-order valence-electron chi connectivity index (χ0n) is 22.0. The maximum absolute atomic E-state index is 13.4. The number of aromatic nitrogens is 2. The Morgan fingerprint density at radius 3 is 2.29 bits per heavy atom. The first-order chi connectivity index (χ1) is 18.2. The number of carboxylic acid groups (broad SMARTS) is 1. The molecule has 2 aromatic rings. The van der Waals surface area contributed by atoms with Crippen molar-refractivity contribution < 1.29 is 24.3 Å². The normalized spacial score (nSPS) is 14.9. The molecule has 5 atom stereocenters. The number of imidazole rings is 1. The first kappa shape index (κ1) is 30.8. The molecule has 38 heavy (non-hydrogen) atoms. The molecule has 0 saturated heterocycles. The highest BCUT2D eigenvalue weighted by Crippen LogP contribution is 2.11. The zero-order chi connectivity index (χ0) is 28.1. The monoisotopic (exact) mass is 546 g/mol. The molecule has 7 N–H and O–H groups in total. The Kier molecular flexibility index (Phi) is 12.8. The van der Waals surface area contributed by atoms with Crippen molar-refractivity contribution in [1.29, 1.82) is 0 Å². The minimum absolute atomic E-state index is 0.0932. The number of carbonyl (C=O) groups is 4. The van der Waals surface area contributed by atoms with E-state index in [-0.39, 0.29) is 25.2 Å². The fourth-order valence-electron chi connectivity index (χ4n) is 3.78. The molecule has 1 aromatic carbocycles. The number of nitrogens with one attached hydrogen (secondary N) is 4. The number of aliphatic carboxylic acids is 1. The van der Waals surface area contributed by atoms with Gasteiger partial charge in [-0.15, -0.1) is 0 Å². The van der Waals surface area contributed by atoms with Crippen LogP contribution in [-0.2, 0) is 32.0 Å². The maximum Gasteiger partial charge on any atom is 0.326 e. The second-order valence-electron chi connectivity index (χ2n) is 9.19. The van der Waals surface area contributed by atoms with Gasteiger partial charge < -0.3 is 31.8 Å². The number of thioether (sulfide) groups is 1. The standard InChI is InChI=1S/C26H38N6O5S/c1-4-16(2)22(25(35)30-20(26(36)37)10-11-38-3)32-24(34)21(13-18-14-28-15-29-18)31-23(33)19(27)12-17-8-6-5-7-9-17/h5-9,14-16,19-22H,4,10-13,27H2,1-3H3,(H,28,29)(H,30,35)(H,31,33)(H,32,34)(H,36,37). The largest absolute Gasteiger partial charge is 0.480 e. The summed E-state index contributed by atoms with van der Waals surface area (Å²) in [7, 11) is 0. The van der Waals surface area contributed by atoms with Gasteiger partial charge in [0.1, 0.15) is 18.1 Å².